The van der Waals surface area contributed by atoms with Gasteiger partial charge in [0.25, 0.3) is 0 Å². The molecule has 0 aliphatic heterocycles. The van der Waals surface area contributed by atoms with Crippen molar-refractivity contribution in [3.63, 3.8) is 0 Å². The second-order valence-corrected chi connectivity index (χ2v) is 9.29. The molecule has 0 saturated carbocycles. The molecule has 0 heterocycles. The van der Waals surface area contributed by atoms with Crippen molar-refractivity contribution in [1.82, 2.24) is 0 Å². The molecule has 0 amide bonds. The van der Waals surface area contributed by atoms with Crippen LogP contribution in [-0.2, 0) is 11.0 Å². The van der Waals surface area contributed by atoms with Crippen LogP contribution < -0.4 is 13.6 Å². The number of phosphoric ester groups is 1. The topological polar surface area (TPSA) is 44.8 Å². The quantitative estimate of drug-likeness (QED) is 0.257. The highest BCUT2D eigenvalue weighted by molar-refractivity contribution is 7.49. The largest absolute Gasteiger partial charge is 0.647 e. The van der Waals surface area contributed by atoms with Crippen molar-refractivity contribution >= 4 is 18.6 Å². The number of hydrogen-bond donors (Lipinski definition) is 0. The van der Waals surface area contributed by atoms with Gasteiger partial charge in [-0.3, -0.25) is 0 Å². The molecule has 0 radical (unpaired) electrons. The van der Waals surface area contributed by atoms with Crippen molar-refractivity contribution in [3.05, 3.63) is 102 Å². The van der Waals surface area contributed by atoms with Gasteiger partial charge in [-0.15, -0.1) is 0 Å². The highest BCUT2D eigenvalue weighted by Gasteiger charge is 2.34. The molecule has 0 aliphatic rings. The van der Waals surface area contributed by atoms with Gasteiger partial charge in [-0.2, -0.15) is 4.57 Å². The smallest absolute Gasteiger partial charge is 0.386 e. The summed E-state index contributed by atoms with van der Waals surface area (Å²) in [6, 6.07) is 26.7. The predicted molar refractivity (Wildman–Crippen MR) is 130 cm³/mol. The van der Waals surface area contributed by atoms with Gasteiger partial charge in [-0.05, 0) is 72.0 Å². The number of fused-ring (bicyclic) bond motifs is 1. The van der Waals surface area contributed by atoms with Gasteiger partial charge in [0, 0.05) is 0 Å². The molecule has 4 aromatic carbocycles. The summed E-state index contributed by atoms with van der Waals surface area (Å²) in [6.45, 7) is 5.94. The molecule has 0 spiro atoms. The monoisotopic (exact) mass is 446 g/mol. The maximum Gasteiger partial charge on any atom is 0.647 e. The Morgan fingerprint density at radius 3 is 2.00 bits per heavy atom. The van der Waals surface area contributed by atoms with Crippen molar-refractivity contribution < 1.29 is 18.1 Å². The van der Waals surface area contributed by atoms with E-state index < -0.39 is 7.82 Å². The minimum Gasteiger partial charge on any atom is -0.386 e. The zero-order valence-electron chi connectivity index (χ0n) is 18.6. The van der Waals surface area contributed by atoms with Gasteiger partial charge in [0.15, 0.2) is 0 Å². The van der Waals surface area contributed by atoms with E-state index in [9.17, 15) is 4.57 Å². The lowest BCUT2D eigenvalue weighted by atomic mass is 10.1. The second-order valence-electron chi connectivity index (χ2n) is 7.84. The number of phosphoric acid groups is 1. The van der Waals surface area contributed by atoms with Crippen LogP contribution in [0.2, 0.25) is 0 Å². The third kappa shape index (κ3) is 5.15. The highest BCUT2D eigenvalue weighted by atomic mass is 31.2. The summed E-state index contributed by atoms with van der Waals surface area (Å²) in [5.74, 6) is 1.35. The third-order valence-corrected chi connectivity index (χ3v) is 6.50. The third-order valence-electron chi connectivity index (χ3n) is 5.23. The summed E-state index contributed by atoms with van der Waals surface area (Å²) in [5, 5.41) is 2.05. The van der Waals surface area contributed by atoms with Crippen molar-refractivity contribution in [2.75, 3.05) is 0 Å². The molecule has 0 aromatic heterocycles. The molecule has 4 aromatic rings. The molecular weight excluding hydrogens is 419 g/mol. The zero-order chi connectivity index (χ0) is 22.6. The van der Waals surface area contributed by atoms with Crippen LogP contribution in [0.3, 0.4) is 0 Å². The van der Waals surface area contributed by atoms with Crippen LogP contribution in [0.4, 0.5) is 0 Å². The van der Waals surface area contributed by atoms with E-state index in [0.29, 0.717) is 17.2 Å². The normalized spacial score (nSPS) is 12.8. The molecule has 5 heteroatoms. The fourth-order valence-corrected chi connectivity index (χ4v) is 4.97. The standard InChI is InChI=1S/C27H27O4P/c1-4-8-22-13-16-25(17-14-22)29-32(28,31-27-20(2)9-7-10-21(27)3)30-26-18-15-23-11-5-6-12-24(23)19-26/h5-7,9-19H,4,8H2,1-3H3. The molecule has 1 atom stereocenters. The lowest BCUT2D eigenvalue weighted by Gasteiger charge is -2.21. The predicted octanol–water partition coefficient (Wildman–Crippen LogP) is 8.05. The highest BCUT2D eigenvalue weighted by Crippen LogP contribution is 2.51. The van der Waals surface area contributed by atoms with E-state index in [-0.39, 0.29) is 0 Å². The van der Waals surface area contributed by atoms with Crippen molar-refractivity contribution in [2.24, 2.45) is 0 Å². The molecule has 32 heavy (non-hydrogen) atoms. The number of rotatable bonds is 8. The summed E-state index contributed by atoms with van der Waals surface area (Å²) < 4.78 is 31.7. The van der Waals surface area contributed by atoms with E-state index in [1.807, 2.05) is 80.6 Å². The van der Waals surface area contributed by atoms with Crippen molar-refractivity contribution in [3.8, 4) is 17.2 Å². The molecule has 0 N–H and O–H groups in total. The van der Waals surface area contributed by atoms with Crippen LogP contribution in [0.15, 0.2) is 84.9 Å². The average molecular weight is 446 g/mol. The van der Waals surface area contributed by atoms with E-state index >= 15 is 0 Å². The van der Waals surface area contributed by atoms with Crippen LogP contribution in [0, 0.1) is 13.8 Å². The lowest BCUT2D eigenvalue weighted by molar-refractivity contribution is 0.297. The Balaban J connectivity index is 1.68. The van der Waals surface area contributed by atoms with Crippen molar-refractivity contribution in [2.45, 2.75) is 33.6 Å². The lowest BCUT2D eigenvalue weighted by Crippen LogP contribution is -2.09. The first-order chi connectivity index (χ1) is 15.5. The Morgan fingerprint density at radius 1 is 0.688 bits per heavy atom. The number of aryl methyl sites for hydroxylation is 3. The average Bonchev–Trinajstić information content (AvgIpc) is 2.78. The van der Waals surface area contributed by atoms with E-state index in [1.165, 1.54) is 5.56 Å². The fraction of sp³-hybridized carbons (Fsp3) is 0.185. The summed E-state index contributed by atoms with van der Waals surface area (Å²) in [5.41, 5.74) is 2.91. The van der Waals surface area contributed by atoms with Crippen LogP contribution in [0.1, 0.15) is 30.0 Å². The van der Waals surface area contributed by atoms with E-state index in [4.69, 9.17) is 13.6 Å². The number of hydrogen-bond acceptors (Lipinski definition) is 4. The minimum atomic E-state index is -4.05. The molecule has 0 fully saturated rings. The molecular formula is C27H27O4P. The van der Waals surface area contributed by atoms with Gasteiger partial charge in [-0.1, -0.05) is 74.0 Å². The molecule has 0 bridgehead atoms. The van der Waals surface area contributed by atoms with Crippen LogP contribution in [0.5, 0.6) is 17.2 Å². The van der Waals surface area contributed by atoms with Gasteiger partial charge in [0.05, 0.1) is 0 Å². The SMILES string of the molecule is CCCc1ccc(OP(=O)(Oc2ccc3ccccc3c2)Oc2c(C)cccc2C)cc1. The summed E-state index contributed by atoms with van der Waals surface area (Å²) in [6.07, 6.45) is 2.03. The Bertz CT molecular complexity index is 1240. The second kappa shape index (κ2) is 9.50. The first-order valence-electron chi connectivity index (χ1n) is 10.8. The van der Waals surface area contributed by atoms with E-state index in [2.05, 4.69) is 6.92 Å². The Labute approximate surface area is 189 Å². The first kappa shape index (κ1) is 22.0. The molecule has 0 aliphatic carbocycles. The zero-order valence-corrected chi connectivity index (χ0v) is 19.5. The van der Waals surface area contributed by atoms with E-state index in [1.54, 1.807) is 18.2 Å². The number of benzene rings is 4. The molecule has 4 rings (SSSR count). The molecule has 164 valence electrons. The molecule has 0 saturated heterocycles. The maximum absolute atomic E-state index is 13.9. The van der Waals surface area contributed by atoms with Gasteiger partial charge in [0.1, 0.15) is 17.2 Å². The van der Waals surface area contributed by atoms with Gasteiger partial charge in [-0.25, -0.2) is 0 Å². The summed E-state index contributed by atoms with van der Waals surface area (Å²) in [4.78, 5) is 0. The van der Waals surface area contributed by atoms with Crippen LogP contribution in [-0.4, -0.2) is 0 Å². The van der Waals surface area contributed by atoms with E-state index in [0.717, 1.165) is 34.7 Å². The van der Waals surface area contributed by atoms with Gasteiger partial charge in [0.2, 0.25) is 0 Å². The molecule has 4 nitrogen and oxygen atoms in total. The van der Waals surface area contributed by atoms with Gasteiger partial charge < -0.3 is 13.6 Å². The Hall–Kier alpha value is -3.23. The Kier molecular flexibility index (Phi) is 6.53. The summed E-state index contributed by atoms with van der Waals surface area (Å²) >= 11 is 0. The number of para-hydroxylation sites is 1. The fourth-order valence-electron chi connectivity index (χ4n) is 3.60. The van der Waals surface area contributed by atoms with Crippen molar-refractivity contribution in [1.29, 1.82) is 0 Å². The van der Waals surface area contributed by atoms with Crippen LogP contribution >= 0.6 is 7.82 Å². The maximum atomic E-state index is 13.9. The van der Waals surface area contributed by atoms with Crippen LogP contribution in [0.25, 0.3) is 10.8 Å². The Morgan fingerprint density at radius 2 is 1.31 bits per heavy atom. The minimum absolute atomic E-state index is 0.417. The summed E-state index contributed by atoms with van der Waals surface area (Å²) in [7, 11) is -4.05. The molecule has 1 unspecified atom stereocenters. The van der Waals surface area contributed by atoms with Gasteiger partial charge >= 0.3 is 7.82 Å². The first-order valence-corrected chi connectivity index (χ1v) is 12.2.